The van der Waals surface area contributed by atoms with E-state index in [2.05, 4.69) is 10.2 Å². The number of carbonyl (C=O) groups is 1. The second-order valence-corrected chi connectivity index (χ2v) is 7.17. The van der Waals surface area contributed by atoms with Gasteiger partial charge in [0.05, 0.1) is 12.7 Å². The summed E-state index contributed by atoms with van der Waals surface area (Å²) in [5.41, 5.74) is 2.04. The van der Waals surface area contributed by atoms with Gasteiger partial charge < -0.3 is 10.1 Å². The van der Waals surface area contributed by atoms with E-state index < -0.39 is 0 Å². The fourth-order valence-electron chi connectivity index (χ4n) is 2.97. The van der Waals surface area contributed by atoms with Gasteiger partial charge in [-0.2, -0.15) is 0 Å². The zero-order chi connectivity index (χ0) is 18.4. The number of carbonyl (C=O) groups excluding carboxylic acids is 1. The summed E-state index contributed by atoms with van der Waals surface area (Å²) in [5.74, 6) is 0.0273. The van der Waals surface area contributed by atoms with Crippen LogP contribution in [0.4, 0.5) is 0 Å². The predicted octanol–water partition coefficient (Wildman–Crippen LogP) is 4.07. The van der Waals surface area contributed by atoms with Crippen molar-refractivity contribution in [2.24, 2.45) is 0 Å². The molecule has 1 amide bonds. The molecule has 2 aromatic rings. The number of benzene rings is 2. The second-order valence-electron chi connectivity index (χ2n) is 6.33. The van der Waals surface area contributed by atoms with E-state index in [4.69, 9.17) is 27.9 Å². The third-order valence-electron chi connectivity index (χ3n) is 4.48. The Hall–Kier alpha value is -1.59. The third-order valence-corrected chi connectivity index (χ3v) is 5.10. The molecule has 1 atom stereocenters. The molecule has 138 valence electrons. The van der Waals surface area contributed by atoms with Crippen LogP contribution in [0.1, 0.15) is 23.7 Å². The Labute approximate surface area is 164 Å². The first-order chi connectivity index (χ1) is 12.6. The number of halogens is 2. The van der Waals surface area contributed by atoms with Gasteiger partial charge in [-0.25, -0.2) is 0 Å². The Morgan fingerprint density at radius 2 is 1.92 bits per heavy atom. The maximum absolute atomic E-state index is 12.1. The highest BCUT2D eigenvalue weighted by Gasteiger charge is 2.22. The van der Waals surface area contributed by atoms with Crippen LogP contribution in [0.3, 0.4) is 0 Å². The van der Waals surface area contributed by atoms with E-state index in [-0.39, 0.29) is 12.0 Å². The molecular formula is C20H22Cl2N2O2. The summed E-state index contributed by atoms with van der Waals surface area (Å²) in [6.45, 7) is 3.44. The highest BCUT2D eigenvalue weighted by Crippen LogP contribution is 2.23. The lowest BCUT2D eigenvalue weighted by atomic mass is 10.1. The molecule has 0 saturated carbocycles. The fourth-order valence-corrected chi connectivity index (χ4v) is 3.30. The molecule has 2 aromatic carbocycles. The van der Waals surface area contributed by atoms with E-state index in [1.807, 2.05) is 48.5 Å². The van der Waals surface area contributed by atoms with Gasteiger partial charge in [0.2, 0.25) is 5.91 Å². The van der Waals surface area contributed by atoms with Gasteiger partial charge in [-0.1, -0.05) is 53.5 Å². The van der Waals surface area contributed by atoms with Gasteiger partial charge in [0.1, 0.15) is 0 Å². The van der Waals surface area contributed by atoms with Gasteiger partial charge in [0.25, 0.3) is 0 Å². The molecule has 0 aromatic heterocycles. The normalized spacial score (nSPS) is 17.8. The molecule has 0 unspecified atom stereocenters. The zero-order valence-corrected chi connectivity index (χ0v) is 16.0. The van der Waals surface area contributed by atoms with Crippen molar-refractivity contribution in [2.45, 2.75) is 19.1 Å². The van der Waals surface area contributed by atoms with Crippen LogP contribution in [0.25, 0.3) is 0 Å². The average Bonchev–Trinajstić information content (AvgIpc) is 2.66. The molecule has 1 aliphatic heterocycles. The van der Waals surface area contributed by atoms with Crippen LogP contribution in [-0.4, -0.2) is 37.0 Å². The SMILES string of the molecule is O=C(CCN1CCO[C@H](c2ccc(Cl)cc2)C1)NCc1ccccc1Cl. The van der Waals surface area contributed by atoms with E-state index in [0.717, 1.165) is 29.2 Å². The summed E-state index contributed by atoms with van der Waals surface area (Å²) in [6, 6.07) is 15.3. The zero-order valence-electron chi connectivity index (χ0n) is 14.5. The van der Waals surface area contributed by atoms with Crippen LogP contribution in [0, 0.1) is 0 Å². The van der Waals surface area contributed by atoms with Crippen LogP contribution in [0.2, 0.25) is 10.0 Å². The number of nitrogens with zero attached hydrogens (tertiary/aromatic N) is 1. The van der Waals surface area contributed by atoms with Gasteiger partial charge in [-0.05, 0) is 29.3 Å². The molecule has 1 fully saturated rings. The van der Waals surface area contributed by atoms with E-state index >= 15 is 0 Å². The van der Waals surface area contributed by atoms with Crippen molar-refractivity contribution in [1.29, 1.82) is 0 Å². The molecule has 1 aliphatic rings. The minimum absolute atomic E-state index is 0.0206. The molecule has 6 heteroatoms. The maximum Gasteiger partial charge on any atom is 0.221 e. The van der Waals surface area contributed by atoms with Crippen LogP contribution in [-0.2, 0) is 16.1 Å². The van der Waals surface area contributed by atoms with E-state index in [0.29, 0.717) is 31.1 Å². The monoisotopic (exact) mass is 392 g/mol. The summed E-state index contributed by atoms with van der Waals surface area (Å²) in [4.78, 5) is 14.4. The summed E-state index contributed by atoms with van der Waals surface area (Å²) in [7, 11) is 0. The lowest BCUT2D eigenvalue weighted by molar-refractivity contribution is -0.122. The lowest BCUT2D eigenvalue weighted by Crippen LogP contribution is -2.40. The van der Waals surface area contributed by atoms with Crippen molar-refractivity contribution < 1.29 is 9.53 Å². The molecule has 0 aliphatic carbocycles. The van der Waals surface area contributed by atoms with Crippen LogP contribution in [0.5, 0.6) is 0 Å². The molecule has 1 heterocycles. The van der Waals surface area contributed by atoms with Crippen LogP contribution < -0.4 is 5.32 Å². The minimum Gasteiger partial charge on any atom is -0.371 e. The smallest absolute Gasteiger partial charge is 0.221 e. The van der Waals surface area contributed by atoms with Gasteiger partial charge in [0.15, 0.2) is 0 Å². The van der Waals surface area contributed by atoms with Crippen molar-refractivity contribution in [1.82, 2.24) is 10.2 Å². The van der Waals surface area contributed by atoms with E-state index in [9.17, 15) is 4.79 Å². The van der Waals surface area contributed by atoms with E-state index in [1.165, 1.54) is 0 Å². The molecule has 0 bridgehead atoms. The first-order valence-electron chi connectivity index (χ1n) is 8.71. The highest BCUT2D eigenvalue weighted by molar-refractivity contribution is 6.31. The Morgan fingerprint density at radius 3 is 2.69 bits per heavy atom. The molecule has 1 saturated heterocycles. The van der Waals surface area contributed by atoms with Crippen molar-refractivity contribution >= 4 is 29.1 Å². The molecule has 3 rings (SSSR count). The van der Waals surface area contributed by atoms with Crippen molar-refractivity contribution in [3.63, 3.8) is 0 Å². The highest BCUT2D eigenvalue weighted by atomic mass is 35.5. The predicted molar refractivity (Wildman–Crippen MR) is 105 cm³/mol. The van der Waals surface area contributed by atoms with Crippen molar-refractivity contribution in [2.75, 3.05) is 26.2 Å². The second kappa shape index (κ2) is 9.38. The first-order valence-corrected chi connectivity index (χ1v) is 9.47. The third kappa shape index (κ3) is 5.45. The number of amides is 1. The standard InChI is InChI=1S/C20H22Cl2N2O2/c21-17-7-5-15(6-8-17)19-14-24(11-12-26-19)10-9-20(25)23-13-16-3-1-2-4-18(16)22/h1-8,19H,9-14H2,(H,23,25)/t19-/m0/s1. The van der Waals surface area contributed by atoms with Crippen LogP contribution >= 0.6 is 23.2 Å². The van der Waals surface area contributed by atoms with Crippen LogP contribution in [0.15, 0.2) is 48.5 Å². The molecule has 0 spiro atoms. The topological polar surface area (TPSA) is 41.6 Å². The quantitative estimate of drug-likeness (QED) is 0.805. The van der Waals surface area contributed by atoms with Crippen molar-refractivity contribution in [3.8, 4) is 0 Å². The summed E-state index contributed by atoms with van der Waals surface area (Å²) in [5, 5.41) is 4.32. The largest absolute Gasteiger partial charge is 0.371 e. The average molecular weight is 393 g/mol. The number of hydrogen-bond donors (Lipinski definition) is 1. The summed E-state index contributed by atoms with van der Waals surface area (Å²) in [6.07, 6.45) is 0.477. The van der Waals surface area contributed by atoms with Gasteiger partial charge in [-0.3, -0.25) is 9.69 Å². The molecule has 1 N–H and O–H groups in total. The van der Waals surface area contributed by atoms with Gasteiger partial charge in [-0.15, -0.1) is 0 Å². The Kier molecular flexibility index (Phi) is 6.92. The van der Waals surface area contributed by atoms with Gasteiger partial charge in [0, 0.05) is 42.6 Å². The number of morpholine rings is 1. The summed E-state index contributed by atoms with van der Waals surface area (Å²) >= 11 is 12.1. The minimum atomic E-state index is 0.0206. The molecule has 0 radical (unpaired) electrons. The number of ether oxygens (including phenoxy) is 1. The summed E-state index contributed by atoms with van der Waals surface area (Å²) < 4.78 is 5.86. The number of rotatable bonds is 6. The van der Waals surface area contributed by atoms with Gasteiger partial charge >= 0.3 is 0 Å². The van der Waals surface area contributed by atoms with Crippen molar-refractivity contribution in [3.05, 3.63) is 69.7 Å². The molecule has 26 heavy (non-hydrogen) atoms. The molecular weight excluding hydrogens is 371 g/mol. The van der Waals surface area contributed by atoms with E-state index in [1.54, 1.807) is 0 Å². The lowest BCUT2D eigenvalue weighted by Gasteiger charge is -2.33. The Bertz CT molecular complexity index is 737. The molecule has 4 nitrogen and oxygen atoms in total. The Balaban J connectivity index is 1.44. The Morgan fingerprint density at radius 1 is 1.15 bits per heavy atom. The first kappa shape index (κ1) is 19.2. The maximum atomic E-state index is 12.1. The fraction of sp³-hybridized carbons (Fsp3) is 0.350. The number of nitrogens with one attached hydrogen (secondary N) is 1. The number of hydrogen-bond acceptors (Lipinski definition) is 3.